The minimum absolute atomic E-state index is 0.0169. The lowest BCUT2D eigenvalue weighted by Crippen LogP contribution is -2.49. The molecule has 1 heterocycles. The number of aliphatic carboxylic acids is 2. The third-order valence-electron chi connectivity index (χ3n) is 4.62. The number of piperazine rings is 1. The van der Waals surface area contributed by atoms with Gasteiger partial charge in [-0.2, -0.15) is 0 Å². The normalized spacial score (nSPS) is 13.5. The summed E-state index contributed by atoms with van der Waals surface area (Å²) in [5.41, 5.74) is 1.19. The van der Waals surface area contributed by atoms with Crippen molar-refractivity contribution in [3.63, 3.8) is 0 Å². The first kappa shape index (κ1) is 25.0. The second-order valence-corrected chi connectivity index (χ2v) is 7.30. The highest BCUT2D eigenvalue weighted by Crippen LogP contribution is 2.17. The number of methoxy groups -OCH3 is 1. The summed E-state index contributed by atoms with van der Waals surface area (Å²) in [5, 5.41) is 15.5. The maximum absolute atomic E-state index is 12.3. The molecule has 2 aromatic carbocycles. The number of hydrogen-bond acceptors (Lipinski definition) is 6. The highest BCUT2D eigenvalue weighted by Gasteiger charge is 2.21. The molecule has 32 heavy (non-hydrogen) atoms. The number of ether oxygens (including phenoxy) is 2. The first-order valence-electron chi connectivity index (χ1n) is 9.76. The van der Waals surface area contributed by atoms with Crippen molar-refractivity contribution in [2.45, 2.75) is 6.54 Å². The van der Waals surface area contributed by atoms with Crippen LogP contribution in [0.4, 0.5) is 0 Å². The summed E-state index contributed by atoms with van der Waals surface area (Å²) in [5.74, 6) is -2.20. The van der Waals surface area contributed by atoms with Crippen LogP contribution in [-0.4, -0.2) is 77.8 Å². The molecule has 1 amide bonds. The number of carbonyl (C=O) groups excluding carboxylic acids is 1. The van der Waals surface area contributed by atoms with Gasteiger partial charge in [0.1, 0.15) is 11.5 Å². The second-order valence-electron chi connectivity index (χ2n) is 6.86. The van der Waals surface area contributed by atoms with Gasteiger partial charge in [-0.15, -0.1) is 0 Å². The molecule has 10 heteroatoms. The van der Waals surface area contributed by atoms with E-state index in [9.17, 15) is 4.79 Å². The lowest BCUT2D eigenvalue weighted by atomic mass is 10.2. The molecule has 2 N–H and O–H groups in total. The van der Waals surface area contributed by atoms with Crippen LogP contribution in [0.3, 0.4) is 0 Å². The lowest BCUT2D eigenvalue weighted by Gasteiger charge is -2.34. The van der Waals surface area contributed by atoms with E-state index >= 15 is 0 Å². The first-order valence-corrected chi connectivity index (χ1v) is 10.1. The Labute approximate surface area is 190 Å². The zero-order valence-electron chi connectivity index (χ0n) is 17.6. The van der Waals surface area contributed by atoms with Crippen LogP contribution in [0, 0.1) is 0 Å². The summed E-state index contributed by atoms with van der Waals surface area (Å²) < 4.78 is 10.7. The zero-order valence-corrected chi connectivity index (χ0v) is 18.3. The number of amides is 1. The molecule has 1 aliphatic rings. The molecule has 3 rings (SSSR count). The number of halogens is 1. The van der Waals surface area contributed by atoms with Crippen molar-refractivity contribution in [1.82, 2.24) is 9.80 Å². The maximum Gasteiger partial charge on any atom is 0.414 e. The summed E-state index contributed by atoms with van der Waals surface area (Å²) >= 11 is 6.04. The standard InChI is InChI=1S/C20H23ClN2O3.C2H2O4/c1-25-18-5-7-19(8-6-18)26-15-20(24)23-11-9-22(10-12-23)14-16-3-2-4-17(21)13-16;3-1(4)2(5)6/h2-8,13H,9-12,14-15H2,1H3;(H,3,4)(H,5,6). The fourth-order valence-corrected chi connectivity index (χ4v) is 3.17. The van der Waals surface area contributed by atoms with Gasteiger partial charge in [0.15, 0.2) is 6.61 Å². The van der Waals surface area contributed by atoms with Gasteiger partial charge in [0.05, 0.1) is 7.11 Å². The maximum atomic E-state index is 12.3. The van der Waals surface area contributed by atoms with E-state index in [1.807, 2.05) is 35.2 Å². The van der Waals surface area contributed by atoms with Crippen LogP contribution in [0.15, 0.2) is 48.5 Å². The number of carboxylic acids is 2. The summed E-state index contributed by atoms with van der Waals surface area (Å²) in [6.45, 7) is 4.03. The zero-order chi connectivity index (χ0) is 23.5. The summed E-state index contributed by atoms with van der Waals surface area (Å²) in [7, 11) is 1.62. The van der Waals surface area contributed by atoms with Crippen LogP contribution in [-0.2, 0) is 20.9 Å². The molecule has 0 aromatic heterocycles. The summed E-state index contributed by atoms with van der Waals surface area (Å²) in [6, 6.07) is 15.1. The molecule has 0 bridgehead atoms. The molecule has 1 aliphatic heterocycles. The summed E-state index contributed by atoms with van der Waals surface area (Å²) in [6.07, 6.45) is 0. The van der Waals surface area contributed by atoms with Crippen LogP contribution >= 0.6 is 11.6 Å². The monoisotopic (exact) mass is 464 g/mol. The fraction of sp³-hybridized carbons (Fsp3) is 0.318. The van der Waals surface area contributed by atoms with Crippen LogP contribution in [0.1, 0.15) is 5.56 Å². The Balaban J connectivity index is 0.000000534. The third kappa shape index (κ3) is 8.44. The molecule has 0 atom stereocenters. The minimum atomic E-state index is -1.82. The molecule has 0 aliphatic carbocycles. The second kappa shape index (κ2) is 12.5. The average Bonchev–Trinajstić information content (AvgIpc) is 2.78. The molecule has 0 saturated carbocycles. The van der Waals surface area contributed by atoms with Crippen LogP contribution < -0.4 is 9.47 Å². The Kier molecular flexibility index (Phi) is 9.77. The Bertz CT molecular complexity index is 901. The molecule has 9 nitrogen and oxygen atoms in total. The van der Waals surface area contributed by atoms with Crippen molar-refractivity contribution >= 4 is 29.4 Å². The number of hydrogen-bond donors (Lipinski definition) is 2. The van der Waals surface area contributed by atoms with E-state index in [-0.39, 0.29) is 12.5 Å². The van der Waals surface area contributed by atoms with Gasteiger partial charge in [0.25, 0.3) is 5.91 Å². The molecular formula is C22H25ClN2O7. The first-order chi connectivity index (χ1) is 15.3. The van der Waals surface area contributed by atoms with Crippen molar-refractivity contribution in [3.05, 3.63) is 59.1 Å². The quantitative estimate of drug-likeness (QED) is 0.625. The van der Waals surface area contributed by atoms with E-state index in [0.29, 0.717) is 18.8 Å². The van der Waals surface area contributed by atoms with Gasteiger partial charge in [-0.05, 0) is 42.0 Å². The lowest BCUT2D eigenvalue weighted by molar-refractivity contribution is -0.159. The van der Waals surface area contributed by atoms with Crippen molar-refractivity contribution in [2.75, 3.05) is 39.9 Å². The number of nitrogens with zero attached hydrogens (tertiary/aromatic N) is 2. The number of carbonyl (C=O) groups is 3. The van der Waals surface area contributed by atoms with Crippen molar-refractivity contribution in [1.29, 1.82) is 0 Å². The Morgan fingerprint density at radius 3 is 2.06 bits per heavy atom. The predicted octanol–water partition coefficient (Wildman–Crippen LogP) is 2.23. The molecule has 0 unspecified atom stereocenters. The number of benzene rings is 2. The molecule has 2 aromatic rings. The van der Waals surface area contributed by atoms with E-state index in [4.69, 9.17) is 40.9 Å². The smallest absolute Gasteiger partial charge is 0.414 e. The molecule has 1 fully saturated rings. The minimum Gasteiger partial charge on any atom is -0.497 e. The van der Waals surface area contributed by atoms with Gasteiger partial charge in [-0.3, -0.25) is 9.69 Å². The molecule has 172 valence electrons. The van der Waals surface area contributed by atoms with Gasteiger partial charge in [-0.1, -0.05) is 23.7 Å². The highest BCUT2D eigenvalue weighted by molar-refractivity contribution is 6.30. The van der Waals surface area contributed by atoms with Crippen molar-refractivity contribution < 1.29 is 34.1 Å². The highest BCUT2D eigenvalue weighted by atomic mass is 35.5. The molecular weight excluding hydrogens is 440 g/mol. The number of rotatable bonds is 6. The Morgan fingerprint density at radius 1 is 0.938 bits per heavy atom. The van der Waals surface area contributed by atoms with Crippen molar-refractivity contribution in [3.8, 4) is 11.5 Å². The average molecular weight is 465 g/mol. The topological polar surface area (TPSA) is 117 Å². The fourth-order valence-electron chi connectivity index (χ4n) is 2.96. The Hall–Kier alpha value is -3.30. The van der Waals surface area contributed by atoms with E-state index in [2.05, 4.69) is 11.0 Å². The summed E-state index contributed by atoms with van der Waals surface area (Å²) in [4.78, 5) is 34.7. The van der Waals surface area contributed by atoms with Gasteiger partial charge in [0.2, 0.25) is 0 Å². The largest absolute Gasteiger partial charge is 0.497 e. The van der Waals surface area contributed by atoms with E-state index < -0.39 is 11.9 Å². The van der Waals surface area contributed by atoms with Crippen LogP contribution in [0.25, 0.3) is 0 Å². The van der Waals surface area contributed by atoms with Gasteiger partial charge in [-0.25, -0.2) is 9.59 Å². The molecule has 0 spiro atoms. The van der Waals surface area contributed by atoms with E-state index in [1.165, 1.54) is 5.56 Å². The van der Waals surface area contributed by atoms with Gasteiger partial charge >= 0.3 is 11.9 Å². The van der Waals surface area contributed by atoms with E-state index in [1.54, 1.807) is 19.2 Å². The molecule has 0 radical (unpaired) electrons. The van der Waals surface area contributed by atoms with Crippen LogP contribution in [0.2, 0.25) is 5.02 Å². The molecule has 1 saturated heterocycles. The van der Waals surface area contributed by atoms with Gasteiger partial charge < -0.3 is 24.6 Å². The third-order valence-corrected chi connectivity index (χ3v) is 4.86. The van der Waals surface area contributed by atoms with Crippen LogP contribution in [0.5, 0.6) is 11.5 Å². The predicted molar refractivity (Wildman–Crippen MR) is 117 cm³/mol. The van der Waals surface area contributed by atoms with E-state index in [0.717, 1.165) is 30.4 Å². The SMILES string of the molecule is COc1ccc(OCC(=O)N2CCN(Cc3cccc(Cl)c3)CC2)cc1.O=C(O)C(=O)O. The number of carboxylic acid groups (broad SMARTS) is 2. The van der Waals surface area contributed by atoms with Gasteiger partial charge in [0, 0.05) is 37.7 Å². The van der Waals surface area contributed by atoms with Crippen molar-refractivity contribution in [2.24, 2.45) is 0 Å². The Morgan fingerprint density at radius 2 is 1.53 bits per heavy atom.